The molecule has 0 aliphatic heterocycles. The van der Waals surface area contributed by atoms with Crippen molar-refractivity contribution in [3.8, 4) is 0 Å². The third-order valence-corrected chi connectivity index (χ3v) is 4.81. The van der Waals surface area contributed by atoms with Crippen molar-refractivity contribution < 1.29 is 14.7 Å². The van der Waals surface area contributed by atoms with Gasteiger partial charge in [-0.2, -0.15) is 0 Å². The number of hydrogen-bond donors (Lipinski definition) is 2. The van der Waals surface area contributed by atoms with Crippen LogP contribution in [0.15, 0.2) is 17.0 Å². The van der Waals surface area contributed by atoms with Crippen LogP contribution in [0.2, 0.25) is 0 Å². The molecule has 0 saturated carbocycles. The molecule has 0 fully saturated rings. The Morgan fingerprint density at radius 2 is 2.17 bits per heavy atom. The van der Waals surface area contributed by atoms with Crippen molar-refractivity contribution in [1.29, 1.82) is 0 Å². The van der Waals surface area contributed by atoms with E-state index >= 15 is 0 Å². The minimum Gasteiger partial charge on any atom is -0.395 e. The maximum atomic E-state index is 12.3. The predicted molar refractivity (Wildman–Crippen MR) is 89.3 cm³/mol. The number of aliphatic hydroxyl groups is 1. The molecule has 7 nitrogen and oxygen atoms in total. The maximum absolute atomic E-state index is 12.3. The largest absolute Gasteiger partial charge is 0.395 e. The second kappa shape index (κ2) is 8.70. The molecule has 2 aromatic rings. The van der Waals surface area contributed by atoms with Gasteiger partial charge in [0.25, 0.3) is 0 Å². The first kappa shape index (κ1) is 17.5. The Hall–Kier alpha value is -1.84. The molecule has 0 aliphatic rings. The van der Waals surface area contributed by atoms with Gasteiger partial charge in [-0.05, 0) is 23.9 Å². The lowest BCUT2D eigenvalue weighted by atomic mass is 10.2. The van der Waals surface area contributed by atoms with E-state index in [4.69, 9.17) is 5.11 Å². The van der Waals surface area contributed by atoms with E-state index in [2.05, 4.69) is 15.5 Å². The van der Waals surface area contributed by atoms with Crippen LogP contribution in [-0.2, 0) is 16.1 Å². The topological polar surface area (TPSA) is 95.4 Å². The first-order valence-electron chi connectivity index (χ1n) is 7.07. The molecular formula is C14H18N4O3S2. The highest BCUT2D eigenvalue weighted by molar-refractivity contribution is 7.13. The number of amides is 2. The lowest BCUT2D eigenvalue weighted by molar-refractivity contribution is -0.133. The highest BCUT2D eigenvalue weighted by Crippen LogP contribution is 2.18. The Bertz CT molecular complexity index is 642. The van der Waals surface area contributed by atoms with Crippen LogP contribution >= 0.6 is 22.7 Å². The van der Waals surface area contributed by atoms with Crippen molar-refractivity contribution in [2.24, 2.45) is 0 Å². The number of aromatic nitrogens is 2. The number of hydrogen-bond acceptors (Lipinski definition) is 7. The number of anilines is 1. The second-order valence-electron chi connectivity index (χ2n) is 4.86. The van der Waals surface area contributed by atoms with E-state index in [-0.39, 0.29) is 37.8 Å². The number of nitrogens with one attached hydrogen (secondary N) is 1. The van der Waals surface area contributed by atoms with Crippen LogP contribution in [0.3, 0.4) is 0 Å². The van der Waals surface area contributed by atoms with Crippen molar-refractivity contribution in [2.45, 2.75) is 26.3 Å². The van der Waals surface area contributed by atoms with Gasteiger partial charge >= 0.3 is 0 Å². The Labute approximate surface area is 142 Å². The van der Waals surface area contributed by atoms with Gasteiger partial charge in [-0.3, -0.25) is 9.59 Å². The zero-order valence-electron chi connectivity index (χ0n) is 12.7. The molecule has 2 rings (SSSR count). The molecule has 124 valence electrons. The Morgan fingerprint density at radius 1 is 1.35 bits per heavy atom. The Kier molecular flexibility index (Phi) is 6.63. The van der Waals surface area contributed by atoms with Crippen molar-refractivity contribution in [1.82, 2.24) is 15.1 Å². The van der Waals surface area contributed by atoms with E-state index in [9.17, 15) is 9.59 Å². The van der Waals surface area contributed by atoms with Gasteiger partial charge in [0.2, 0.25) is 16.9 Å². The first-order valence-corrected chi connectivity index (χ1v) is 8.83. The molecule has 2 N–H and O–H groups in total. The standard InChI is InChI=1S/C14H18N4O3S2/c1-10-4-7-22-11(10)8-18(5-6-19)13(21)3-2-12(20)16-14-17-15-9-23-14/h4,7,9,19H,2-3,5-6,8H2,1H3,(H,16,17,20). The average molecular weight is 354 g/mol. The fraction of sp³-hybridized carbons (Fsp3) is 0.429. The van der Waals surface area contributed by atoms with Crippen LogP contribution < -0.4 is 5.32 Å². The number of carbonyl (C=O) groups excluding carboxylic acids is 2. The van der Waals surface area contributed by atoms with E-state index in [1.54, 1.807) is 16.2 Å². The van der Waals surface area contributed by atoms with Gasteiger partial charge in [0.05, 0.1) is 13.2 Å². The fourth-order valence-corrected chi connectivity index (χ4v) is 3.32. The minimum atomic E-state index is -0.272. The van der Waals surface area contributed by atoms with Gasteiger partial charge in [-0.1, -0.05) is 11.3 Å². The van der Waals surface area contributed by atoms with Gasteiger partial charge in [0, 0.05) is 24.3 Å². The van der Waals surface area contributed by atoms with Crippen LogP contribution in [0.4, 0.5) is 5.13 Å². The summed E-state index contributed by atoms with van der Waals surface area (Å²) in [5.41, 5.74) is 2.65. The minimum absolute atomic E-state index is 0.0732. The number of aliphatic hydroxyl groups excluding tert-OH is 1. The molecule has 0 radical (unpaired) electrons. The highest BCUT2D eigenvalue weighted by atomic mass is 32.1. The van der Waals surface area contributed by atoms with E-state index in [1.807, 2.05) is 18.4 Å². The average Bonchev–Trinajstić information content (AvgIpc) is 3.17. The molecule has 0 unspecified atom stereocenters. The summed E-state index contributed by atoms with van der Waals surface area (Å²) in [5.74, 6) is -0.425. The molecule has 23 heavy (non-hydrogen) atoms. The molecule has 2 heterocycles. The van der Waals surface area contributed by atoms with Gasteiger partial charge in [0.1, 0.15) is 5.51 Å². The molecule has 0 atom stereocenters. The Morgan fingerprint density at radius 3 is 2.78 bits per heavy atom. The van der Waals surface area contributed by atoms with Crippen LogP contribution in [0, 0.1) is 6.92 Å². The van der Waals surface area contributed by atoms with E-state index in [1.165, 1.54) is 16.8 Å². The third kappa shape index (κ3) is 5.38. The number of thiophene rings is 1. The van der Waals surface area contributed by atoms with Crippen molar-refractivity contribution in [3.05, 3.63) is 27.4 Å². The van der Waals surface area contributed by atoms with E-state index < -0.39 is 0 Å². The maximum Gasteiger partial charge on any atom is 0.226 e. The first-order chi connectivity index (χ1) is 11.1. The monoisotopic (exact) mass is 354 g/mol. The number of rotatable bonds is 8. The Balaban J connectivity index is 1.85. The molecule has 0 bridgehead atoms. The molecular weight excluding hydrogens is 336 g/mol. The lowest BCUT2D eigenvalue weighted by Gasteiger charge is -2.21. The summed E-state index contributed by atoms with van der Waals surface area (Å²) < 4.78 is 0. The molecule has 2 amide bonds. The smallest absolute Gasteiger partial charge is 0.226 e. The van der Waals surface area contributed by atoms with Gasteiger partial charge in [0.15, 0.2) is 0 Å². The van der Waals surface area contributed by atoms with Gasteiger partial charge < -0.3 is 15.3 Å². The van der Waals surface area contributed by atoms with Gasteiger partial charge in [-0.15, -0.1) is 21.5 Å². The van der Waals surface area contributed by atoms with Crippen molar-refractivity contribution in [2.75, 3.05) is 18.5 Å². The summed E-state index contributed by atoms with van der Waals surface area (Å²) >= 11 is 2.80. The summed E-state index contributed by atoms with van der Waals surface area (Å²) in [4.78, 5) is 26.7. The summed E-state index contributed by atoms with van der Waals surface area (Å²) in [6, 6.07) is 2.00. The van der Waals surface area contributed by atoms with E-state index in [0.29, 0.717) is 11.7 Å². The quantitative estimate of drug-likeness (QED) is 0.751. The normalized spacial score (nSPS) is 10.5. The molecule has 0 spiro atoms. The summed E-state index contributed by atoms with van der Waals surface area (Å²) in [6.07, 6.45) is 0.166. The lowest BCUT2D eigenvalue weighted by Crippen LogP contribution is -2.33. The number of carbonyl (C=O) groups is 2. The van der Waals surface area contributed by atoms with E-state index in [0.717, 1.165) is 10.4 Å². The van der Waals surface area contributed by atoms with Crippen LogP contribution in [0.5, 0.6) is 0 Å². The highest BCUT2D eigenvalue weighted by Gasteiger charge is 2.17. The molecule has 0 saturated heterocycles. The van der Waals surface area contributed by atoms with Crippen LogP contribution in [0.25, 0.3) is 0 Å². The molecule has 2 aromatic heterocycles. The molecule has 0 aromatic carbocycles. The molecule has 9 heteroatoms. The third-order valence-electron chi connectivity index (χ3n) is 3.20. The van der Waals surface area contributed by atoms with Gasteiger partial charge in [-0.25, -0.2) is 0 Å². The van der Waals surface area contributed by atoms with Crippen LogP contribution in [-0.4, -0.2) is 45.2 Å². The predicted octanol–water partition coefficient (Wildman–Crippen LogP) is 1.65. The summed E-state index contributed by atoms with van der Waals surface area (Å²) in [6.45, 7) is 2.60. The summed E-state index contributed by atoms with van der Waals surface area (Å²) in [7, 11) is 0. The summed E-state index contributed by atoms with van der Waals surface area (Å²) in [5, 5.41) is 21.5. The van der Waals surface area contributed by atoms with Crippen molar-refractivity contribution >= 4 is 39.6 Å². The van der Waals surface area contributed by atoms with Crippen LogP contribution in [0.1, 0.15) is 23.3 Å². The number of aryl methyl sites for hydroxylation is 1. The molecule has 0 aliphatic carbocycles. The van der Waals surface area contributed by atoms with Crippen molar-refractivity contribution in [3.63, 3.8) is 0 Å². The number of nitrogens with zero attached hydrogens (tertiary/aromatic N) is 3. The zero-order chi connectivity index (χ0) is 16.7. The second-order valence-corrected chi connectivity index (χ2v) is 6.69. The zero-order valence-corrected chi connectivity index (χ0v) is 14.3. The SMILES string of the molecule is Cc1ccsc1CN(CCO)C(=O)CCC(=O)Nc1nncs1. The fourth-order valence-electron chi connectivity index (χ4n) is 1.94.